The normalized spacial score (nSPS) is 23.6. The van der Waals surface area contributed by atoms with E-state index in [1.807, 2.05) is 42.2 Å². The van der Waals surface area contributed by atoms with E-state index < -0.39 is 5.60 Å². The van der Waals surface area contributed by atoms with Crippen LogP contribution in [-0.2, 0) is 11.3 Å². The highest BCUT2D eigenvalue weighted by Gasteiger charge is 2.37. The van der Waals surface area contributed by atoms with Crippen molar-refractivity contribution in [3.8, 4) is 11.4 Å². The number of hydrogen-bond acceptors (Lipinski definition) is 5. The third-order valence-corrected chi connectivity index (χ3v) is 5.06. The highest BCUT2D eigenvalue weighted by molar-refractivity contribution is 5.76. The molecule has 0 bridgehead atoms. The minimum Gasteiger partial charge on any atom is -0.390 e. The van der Waals surface area contributed by atoms with E-state index in [0.717, 1.165) is 12.0 Å². The van der Waals surface area contributed by atoms with Crippen molar-refractivity contribution < 1.29 is 9.90 Å². The number of carbonyl (C=O) groups excluding carboxylic acids is 1. The van der Waals surface area contributed by atoms with Crippen molar-refractivity contribution >= 4 is 5.91 Å². The first-order chi connectivity index (χ1) is 12.0. The van der Waals surface area contributed by atoms with Gasteiger partial charge in [-0.3, -0.25) is 4.79 Å². The van der Waals surface area contributed by atoms with Crippen LogP contribution in [0.25, 0.3) is 11.4 Å². The first-order valence-electron chi connectivity index (χ1n) is 8.83. The maximum atomic E-state index is 12.5. The molecule has 1 aliphatic heterocycles. The number of nitrogens with zero attached hydrogens (tertiary/aromatic N) is 5. The molecule has 25 heavy (non-hydrogen) atoms. The van der Waals surface area contributed by atoms with Crippen LogP contribution in [0, 0.1) is 5.92 Å². The van der Waals surface area contributed by atoms with Crippen molar-refractivity contribution in [1.82, 2.24) is 25.1 Å². The molecule has 1 saturated heterocycles. The van der Waals surface area contributed by atoms with Crippen LogP contribution in [0.2, 0.25) is 0 Å². The van der Waals surface area contributed by atoms with Crippen LogP contribution in [0.5, 0.6) is 0 Å². The Balaban J connectivity index is 1.55. The molecular weight excluding hydrogens is 318 g/mol. The minimum atomic E-state index is -0.677. The molecular formula is C18H25N5O2. The van der Waals surface area contributed by atoms with Gasteiger partial charge < -0.3 is 10.0 Å². The van der Waals surface area contributed by atoms with Gasteiger partial charge in [-0.05, 0) is 25.0 Å². The molecule has 0 saturated carbocycles. The molecule has 1 N–H and O–H groups in total. The molecule has 2 heterocycles. The summed E-state index contributed by atoms with van der Waals surface area (Å²) in [5, 5.41) is 22.8. The molecule has 1 amide bonds. The van der Waals surface area contributed by atoms with E-state index in [-0.39, 0.29) is 11.8 Å². The van der Waals surface area contributed by atoms with E-state index in [1.165, 1.54) is 4.80 Å². The summed E-state index contributed by atoms with van der Waals surface area (Å²) in [5.41, 5.74) is 0.230. The SMILES string of the molecule is CC[C@@H]1CN(C(=O)CCn2nnc(-c3ccccc3)n2)CC[C@]1(C)O. The molecule has 1 aliphatic rings. The first-order valence-corrected chi connectivity index (χ1v) is 8.83. The number of likely N-dealkylation sites (tertiary alicyclic amines) is 1. The highest BCUT2D eigenvalue weighted by Crippen LogP contribution is 2.30. The smallest absolute Gasteiger partial charge is 0.224 e. The summed E-state index contributed by atoms with van der Waals surface area (Å²) in [6.45, 7) is 5.54. The Bertz CT molecular complexity index is 713. The number of amides is 1. The van der Waals surface area contributed by atoms with Crippen molar-refractivity contribution in [3.05, 3.63) is 30.3 Å². The molecule has 0 spiro atoms. The second-order valence-electron chi connectivity index (χ2n) is 6.88. The summed E-state index contributed by atoms with van der Waals surface area (Å²) in [4.78, 5) is 15.8. The van der Waals surface area contributed by atoms with Crippen LogP contribution < -0.4 is 0 Å². The van der Waals surface area contributed by atoms with Gasteiger partial charge in [-0.25, -0.2) is 0 Å². The van der Waals surface area contributed by atoms with Crippen LogP contribution in [0.15, 0.2) is 30.3 Å². The van der Waals surface area contributed by atoms with E-state index >= 15 is 0 Å². The zero-order valence-corrected chi connectivity index (χ0v) is 14.8. The van der Waals surface area contributed by atoms with Gasteiger partial charge in [0.05, 0.1) is 12.1 Å². The minimum absolute atomic E-state index is 0.0764. The number of aromatic nitrogens is 4. The Morgan fingerprint density at radius 3 is 2.84 bits per heavy atom. The predicted octanol–water partition coefficient (Wildman–Crippen LogP) is 1.74. The van der Waals surface area contributed by atoms with Crippen LogP contribution in [-0.4, -0.2) is 54.8 Å². The van der Waals surface area contributed by atoms with Crippen molar-refractivity contribution in [2.24, 2.45) is 5.92 Å². The number of piperidine rings is 1. The van der Waals surface area contributed by atoms with Gasteiger partial charge in [0.2, 0.25) is 11.7 Å². The number of hydrogen-bond donors (Lipinski definition) is 1. The van der Waals surface area contributed by atoms with Crippen molar-refractivity contribution in [2.75, 3.05) is 13.1 Å². The van der Waals surface area contributed by atoms with Crippen molar-refractivity contribution in [3.63, 3.8) is 0 Å². The molecule has 7 heteroatoms. The summed E-state index contributed by atoms with van der Waals surface area (Å²) in [7, 11) is 0. The summed E-state index contributed by atoms with van der Waals surface area (Å²) >= 11 is 0. The van der Waals surface area contributed by atoms with E-state index in [4.69, 9.17) is 0 Å². The average molecular weight is 343 g/mol. The molecule has 134 valence electrons. The van der Waals surface area contributed by atoms with Crippen LogP contribution in [0.3, 0.4) is 0 Å². The van der Waals surface area contributed by atoms with Crippen LogP contribution in [0.4, 0.5) is 0 Å². The van der Waals surface area contributed by atoms with Crippen LogP contribution >= 0.6 is 0 Å². The number of tetrazole rings is 1. The average Bonchev–Trinajstić information content (AvgIpc) is 3.09. The molecule has 2 aromatic rings. The van der Waals surface area contributed by atoms with Crippen LogP contribution in [0.1, 0.15) is 33.1 Å². The summed E-state index contributed by atoms with van der Waals surface area (Å²) in [5.74, 6) is 0.764. The zero-order chi connectivity index (χ0) is 17.9. The lowest BCUT2D eigenvalue weighted by Gasteiger charge is -2.42. The number of rotatable bonds is 5. The number of benzene rings is 1. The quantitative estimate of drug-likeness (QED) is 0.894. The van der Waals surface area contributed by atoms with Crippen molar-refractivity contribution in [1.29, 1.82) is 0 Å². The van der Waals surface area contributed by atoms with Gasteiger partial charge in [-0.2, -0.15) is 4.80 Å². The Morgan fingerprint density at radius 2 is 2.12 bits per heavy atom. The molecule has 1 aromatic carbocycles. The topological polar surface area (TPSA) is 84.1 Å². The second-order valence-corrected chi connectivity index (χ2v) is 6.88. The van der Waals surface area contributed by atoms with Gasteiger partial charge in [0.1, 0.15) is 0 Å². The van der Waals surface area contributed by atoms with Gasteiger partial charge in [0, 0.05) is 31.0 Å². The molecule has 0 radical (unpaired) electrons. The Hall–Kier alpha value is -2.28. The molecule has 0 aliphatic carbocycles. The molecule has 7 nitrogen and oxygen atoms in total. The predicted molar refractivity (Wildman–Crippen MR) is 93.5 cm³/mol. The lowest BCUT2D eigenvalue weighted by atomic mass is 9.81. The summed E-state index contributed by atoms with van der Waals surface area (Å²) < 4.78 is 0. The number of carbonyl (C=O) groups is 1. The van der Waals surface area contributed by atoms with E-state index in [1.54, 1.807) is 0 Å². The highest BCUT2D eigenvalue weighted by atomic mass is 16.3. The lowest BCUT2D eigenvalue weighted by molar-refractivity contribution is -0.139. The first kappa shape index (κ1) is 17.5. The van der Waals surface area contributed by atoms with E-state index in [9.17, 15) is 9.90 Å². The summed E-state index contributed by atoms with van der Waals surface area (Å²) in [6, 6.07) is 9.64. The molecule has 0 unspecified atom stereocenters. The third kappa shape index (κ3) is 4.04. The monoisotopic (exact) mass is 343 g/mol. The fourth-order valence-corrected chi connectivity index (χ4v) is 3.31. The Morgan fingerprint density at radius 1 is 1.36 bits per heavy atom. The molecule has 1 aromatic heterocycles. The number of aryl methyl sites for hydroxylation is 1. The molecule has 2 atom stereocenters. The van der Waals surface area contributed by atoms with Gasteiger partial charge in [-0.15, -0.1) is 10.2 Å². The van der Waals surface area contributed by atoms with Crippen molar-refractivity contribution in [2.45, 2.75) is 45.3 Å². The maximum absolute atomic E-state index is 12.5. The van der Waals surface area contributed by atoms with Gasteiger partial charge in [0.15, 0.2) is 0 Å². The van der Waals surface area contributed by atoms with Gasteiger partial charge in [-0.1, -0.05) is 37.3 Å². The summed E-state index contributed by atoms with van der Waals surface area (Å²) in [6.07, 6.45) is 1.82. The zero-order valence-electron chi connectivity index (χ0n) is 14.8. The molecule has 3 rings (SSSR count). The van der Waals surface area contributed by atoms with Gasteiger partial charge >= 0.3 is 0 Å². The second kappa shape index (κ2) is 7.31. The Labute approximate surface area is 147 Å². The standard InChI is InChI=1S/C18H25N5O2/c1-3-15-13-22(12-10-18(15,2)25)16(24)9-11-23-20-17(19-21-23)14-7-5-4-6-8-14/h4-8,15,25H,3,9-13H2,1-2H3/t15-,18+/m1/s1. The Kier molecular flexibility index (Phi) is 5.13. The van der Waals surface area contributed by atoms with E-state index in [0.29, 0.717) is 38.3 Å². The molecule has 1 fully saturated rings. The number of aliphatic hydroxyl groups is 1. The largest absolute Gasteiger partial charge is 0.390 e. The third-order valence-electron chi connectivity index (χ3n) is 5.06. The maximum Gasteiger partial charge on any atom is 0.224 e. The van der Waals surface area contributed by atoms with Gasteiger partial charge in [0.25, 0.3) is 0 Å². The fraction of sp³-hybridized carbons (Fsp3) is 0.556. The fourth-order valence-electron chi connectivity index (χ4n) is 3.31. The van der Waals surface area contributed by atoms with E-state index in [2.05, 4.69) is 22.3 Å². The lowest BCUT2D eigenvalue weighted by Crippen LogP contribution is -2.51.